The van der Waals surface area contributed by atoms with E-state index in [1.807, 2.05) is 4.90 Å². The topological polar surface area (TPSA) is 37.4 Å². The molecular formula is C15H15NO2. The lowest BCUT2D eigenvalue weighted by molar-refractivity contribution is 0.724. The highest BCUT2D eigenvalue weighted by molar-refractivity contribution is 5.53. The Balaban J connectivity index is 1.91. The van der Waals surface area contributed by atoms with Crippen LogP contribution in [0.5, 0.6) is 0 Å². The zero-order chi connectivity index (χ0) is 12.7. The fourth-order valence-corrected chi connectivity index (χ4v) is 2.57. The third-order valence-corrected chi connectivity index (χ3v) is 3.76. The van der Waals surface area contributed by atoms with Gasteiger partial charge in [-0.25, -0.2) is 0 Å². The molecule has 0 fully saturated rings. The van der Waals surface area contributed by atoms with Crippen LogP contribution in [0.4, 0.5) is 5.69 Å². The molecule has 2 aromatic rings. The van der Waals surface area contributed by atoms with Crippen molar-refractivity contribution >= 4 is 5.69 Å². The zero-order valence-electron chi connectivity index (χ0n) is 10.4. The standard InChI is InChI=1S/C15H15NO2/c1-2-10-3-4-11-5-6-16(9-12(11)7-10)13-8-14(17)15(13)18/h3-4,7-8H,2,5-6,9H2,1H3. The molecule has 1 aliphatic rings. The largest absolute Gasteiger partial charge is 0.363 e. The monoisotopic (exact) mass is 241 g/mol. The van der Waals surface area contributed by atoms with E-state index in [0.717, 1.165) is 25.9 Å². The first-order chi connectivity index (χ1) is 8.69. The molecule has 3 rings (SSSR count). The molecular weight excluding hydrogens is 226 g/mol. The second kappa shape index (κ2) is 4.09. The molecule has 0 radical (unpaired) electrons. The summed E-state index contributed by atoms with van der Waals surface area (Å²) >= 11 is 0. The van der Waals surface area contributed by atoms with Gasteiger partial charge in [0.1, 0.15) is 0 Å². The number of rotatable bonds is 2. The lowest BCUT2D eigenvalue weighted by atomic mass is 9.96. The minimum atomic E-state index is -0.363. The van der Waals surface area contributed by atoms with E-state index in [2.05, 4.69) is 25.1 Å². The van der Waals surface area contributed by atoms with Crippen molar-refractivity contribution in [2.75, 3.05) is 11.4 Å². The maximum absolute atomic E-state index is 11.4. The summed E-state index contributed by atoms with van der Waals surface area (Å²) in [4.78, 5) is 24.4. The van der Waals surface area contributed by atoms with Gasteiger partial charge in [-0.15, -0.1) is 0 Å². The minimum Gasteiger partial charge on any atom is -0.363 e. The highest BCUT2D eigenvalue weighted by atomic mass is 16.2. The first-order valence-electron chi connectivity index (χ1n) is 6.35. The number of benzene rings is 1. The van der Waals surface area contributed by atoms with Crippen molar-refractivity contribution in [1.29, 1.82) is 0 Å². The van der Waals surface area contributed by atoms with Crippen molar-refractivity contribution in [2.45, 2.75) is 26.3 Å². The summed E-state index contributed by atoms with van der Waals surface area (Å²) in [6, 6.07) is 8.03. The Hall–Kier alpha value is -1.90. The molecule has 92 valence electrons. The van der Waals surface area contributed by atoms with E-state index in [9.17, 15) is 9.59 Å². The van der Waals surface area contributed by atoms with Crippen LogP contribution in [0.3, 0.4) is 0 Å². The van der Waals surface area contributed by atoms with E-state index in [1.54, 1.807) is 0 Å². The Morgan fingerprint density at radius 3 is 2.67 bits per heavy atom. The smallest absolute Gasteiger partial charge is 0.249 e. The molecule has 0 aromatic heterocycles. The molecule has 0 spiro atoms. The molecule has 0 bridgehead atoms. The summed E-state index contributed by atoms with van der Waals surface area (Å²) in [5, 5.41) is 0. The number of hydrogen-bond donors (Lipinski definition) is 0. The maximum atomic E-state index is 11.4. The predicted molar refractivity (Wildman–Crippen MR) is 71.9 cm³/mol. The summed E-state index contributed by atoms with van der Waals surface area (Å²) in [6.45, 7) is 3.70. The number of aryl methyl sites for hydroxylation is 1. The Kier molecular flexibility index (Phi) is 2.54. The molecule has 18 heavy (non-hydrogen) atoms. The molecule has 0 aliphatic carbocycles. The van der Waals surface area contributed by atoms with Gasteiger partial charge >= 0.3 is 0 Å². The summed E-state index contributed by atoms with van der Waals surface area (Å²) in [6.07, 6.45) is 1.96. The molecule has 0 amide bonds. The molecule has 3 heteroatoms. The molecule has 3 nitrogen and oxygen atoms in total. The lowest BCUT2D eigenvalue weighted by Crippen LogP contribution is -2.41. The van der Waals surface area contributed by atoms with Crippen LogP contribution in [-0.2, 0) is 19.4 Å². The van der Waals surface area contributed by atoms with Crippen molar-refractivity contribution < 1.29 is 0 Å². The molecule has 0 atom stereocenters. The second-order valence-corrected chi connectivity index (χ2v) is 4.85. The molecule has 0 unspecified atom stereocenters. The number of nitrogens with zero attached hydrogens (tertiary/aromatic N) is 1. The van der Waals surface area contributed by atoms with E-state index >= 15 is 0 Å². The molecule has 1 aliphatic heterocycles. The van der Waals surface area contributed by atoms with Crippen LogP contribution in [0.1, 0.15) is 23.6 Å². The van der Waals surface area contributed by atoms with E-state index in [0.29, 0.717) is 5.69 Å². The van der Waals surface area contributed by atoms with E-state index < -0.39 is 0 Å². The quantitative estimate of drug-likeness (QED) is 0.746. The highest BCUT2D eigenvalue weighted by Crippen LogP contribution is 2.23. The van der Waals surface area contributed by atoms with Crippen LogP contribution >= 0.6 is 0 Å². The Morgan fingerprint density at radius 2 is 2.00 bits per heavy atom. The lowest BCUT2D eigenvalue weighted by Gasteiger charge is -2.31. The van der Waals surface area contributed by atoms with Crippen LogP contribution in [-0.4, -0.2) is 6.54 Å². The average molecular weight is 241 g/mol. The Labute approximate surface area is 105 Å². The number of anilines is 1. The van der Waals surface area contributed by atoms with Crippen LogP contribution < -0.4 is 15.8 Å². The van der Waals surface area contributed by atoms with Gasteiger partial charge in [0.15, 0.2) is 0 Å². The van der Waals surface area contributed by atoms with Gasteiger partial charge < -0.3 is 4.90 Å². The first kappa shape index (κ1) is 11.2. The fourth-order valence-electron chi connectivity index (χ4n) is 2.57. The zero-order valence-corrected chi connectivity index (χ0v) is 10.4. The van der Waals surface area contributed by atoms with Crippen molar-refractivity contribution in [1.82, 2.24) is 0 Å². The third kappa shape index (κ3) is 1.67. The minimum absolute atomic E-state index is 0.329. The molecule has 1 heterocycles. The van der Waals surface area contributed by atoms with Gasteiger partial charge in [0, 0.05) is 19.2 Å². The average Bonchev–Trinajstić information content (AvgIpc) is 2.43. The van der Waals surface area contributed by atoms with Crippen molar-refractivity contribution in [3.8, 4) is 0 Å². The number of hydrogen-bond acceptors (Lipinski definition) is 3. The summed E-state index contributed by atoms with van der Waals surface area (Å²) in [5.74, 6) is 0. The summed E-state index contributed by atoms with van der Waals surface area (Å²) in [5.41, 5.74) is 3.87. The van der Waals surface area contributed by atoms with E-state index in [1.165, 1.54) is 22.8 Å². The van der Waals surface area contributed by atoms with Crippen molar-refractivity contribution in [3.63, 3.8) is 0 Å². The van der Waals surface area contributed by atoms with E-state index in [4.69, 9.17) is 0 Å². The number of fused-ring (bicyclic) bond motifs is 1. The van der Waals surface area contributed by atoms with Crippen molar-refractivity contribution in [3.05, 3.63) is 61.4 Å². The summed E-state index contributed by atoms with van der Waals surface area (Å²) in [7, 11) is 0. The van der Waals surface area contributed by atoms with Gasteiger partial charge in [-0.2, -0.15) is 0 Å². The van der Waals surface area contributed by atoms with Crippen molar-refractivity contribution in [2.24, 2.45) is 0 Å². The summed E-state index contributed by atoms with van der Waals surface area (Å²) < 4.78 is 0. The van der Waals surface area contributed by atoms with Gasteiger partial charge in [-0.3, -0.25) is 9.59 Å². The van der Waals surface area contributed by atoms with Crippen LogP contribution in [0.2, 0.25) is 0 Å². The Morgan fingerprint density at radius 1 is 1.17 bits per heavy atom. The van der Waals surface area contributed by atoms with Crippen LogP contribution in [0.15, 0.2) is 33.9 Å². The van der Waals surface area contributed by atoms with E-state index in [-0.39, 0.29) is 10.9 Å². The SMILES string of the molecule is CCc1ccc2c(c1)CN(c1cc(=O)c1=O)CC2. The second-order valence-electron chi connectivity index (χ2n) is 4.85. The van der Waals surface area contributed by atoms with Gasteiger partial charge in [0.2, 0.25) is 10.9 Å². The molecule has 0 saturated heterocycles. The van der Waals surface area contributed by atoms with Crippen LogP contribution in [0.25, 0.3) is 0 Å². The highest BCUT2D eigenvalue weighted by Gasteiger charge is 2.21. The van der Waals surface area contributed by atoms with Gasteiger partial charge in [0.25, 0.3) is 0 Å². The Bertz CT molecular complexity index is 665. The molecule has 0 N–H and O–H groups in total. The van der Waals surface area contributed by atoms with Crippen LogP contribution in [0, 0.1) is 0 Å². The van der Waals surface area contributed by atoms with Gasteiger partial charge in [-0.05, 0) is 29.5 Å². The first-order valence-corrected chi connectivity index (χ1v) is 6.35. The van der Waals surface area contributed by atoms with Gasteiger partial charge in [0.05, 0.1) is 5.69 Å². The third-order valence-electron chi connectivity index (χ3n) is 3.76. The molecule has 0 saturated carbocycles. The fraction of sp³-hybridized carbons (Fsp3) is 0.333. The maximum Gasteiger partial charge on any atom is 0.249 e. The van der Waals surface area contributed by atoms with Gasteiger partial charge in [-0.1, -0.05) is 25.1 Å². The molecule has 2 aromatic carbocycles. The normalized spacial score (nSPS) is 14.8. The predicted octanol–water partition coefficient (Wildman–Crippen LogP) is 1.41.